The van der Waals surface area contributed by atoms with Crippen LogP contribution in [0.25, 0.3) is 0 Å². The molecule has 0 fully saturated rings. The smallest absolute Gasteiger partial charge is 0.410 e. The summed E-state index contributed by atoms with van der Waals surface area (Å²) in [5.74, 6) is -0.914. The Labute approximate surface area is 141 Å². The van der Waals surface area contributed by atoms with Gasteiger partial charge in [0.05, 0.1) is 5.56 Å². The van der Waals surface area contributed by atoms with Crippen molar-refractivity contribution in [3.8, 4) is 0 Å². The number of ether oxygens (including phenoxy) is 1. The van der Waals surface area contributed by atoms with Gasteiger partial charge in [0.1, 0.15) is 5.60 Å². The zero-order valence-electron chi connectivity index (χ0n) is 14.4. The molecule has 7 heteroatoms. The molecule has 1 rings (SSSR count). The van der Waals surface area contributed by atoms with Gasteiger partial charge in [-0.1, -0.05) is 0 Å². The Morgan fingerprint density at radius 3 is 2.52 bits per heavy atom. The number of thiophene rings is 1. The van der Waals surface area contributed by atoms with Crippen molar-refractivity contribution in [3.63, 3.8) is 0 Å². The summed E-state index contributed by atoms with van der Waals surface area (Å²) < 4.78 is 5.40. The second-order valence-corrected chi connectivity index (χ2v) is 7.55. The molecular formula is C16H26N2O4S. The molecule has 1 aromatic rings. The summed E-state index contributed by atoms with van der Waals surface area (Å²) >= 11 is 1.41. The third-order valence-electron chi connectivity index (χ3n) is 2.98. The second kappa shape index (κ2) is 8.31. The van der Waals surface area contributed by atoms with Gasteiger partial charge in [-0.2, -0.15) is 0 Å². The molecule has 0 aliphatic rings. The lowest BCUT2D eigenvalue weighted by Gasteiger charge is -2.30. The number of amides is 1. The summed E-state index contributed by atoms with van der Waals surface area (Å²) in [4.78, 5) is 25.6. The molecule has 0 spiro atoms. The second-order valence-electron chi connectivity index (χ2n) is 6.55. The molecule has 0 radical (unpaired) electrons. The Morgan fingerprint density at radius 1 is 1.39 bits per heavy atom. The van der Waals surface area contributed by atoms with Gasteiger partial charge in [-0.3, -0.25) is 0 Å². The Bertz CT molecular complexity index is 534. The van der Waals surface area contributed by atoms with Gasteiger partial charge in [-0.05, 0) is 40.7 Å². The Morgan fingerprint density at radius 2 is 2.04 bits per heavy atom. The van der Waals surface area contributed by atoms with E-state index in [9.17, 15) is 9.59 Å². The Hall–Kier alpha value is -1.60. The van der Waals surface area contributed by atoms with Crippen LogP contribution in [0.15, 0.2) is 11.4 Å². The maximum atomic E-state index is 12.2. The maximum absolute atomic E-state index is 12.2. The van der Waals surface area contributed by atoms with Crippen LogP contribution in [0.5, 0.6) is 0 Å². The van der Waals surface area contributed by atoms with Crippen molar-refractivity contribution in [3.05, 3.63) is 21.9 Å². The van der Waals surface area contributed by atoms with E-state index < -0.39 is 11.6 Å². The van der Waals surface area contributed by atoms with Crippen LogP contribution in [0.2, 0.25) is 0 Å². The SMILES string of the molecule is CC(C)N(CCNCc1cc(C(=O)O)cs1)C(=O)OC(C)(C)C. The van der Waals surface area contributed by atoms with Gasteiger partial charge in [0.25, 0.3) is 0 Å². The molecule has 0 saturated carbocycles. The van der Waals surface area contributed by atoms with Gasteiger partial charge >= 0.3 is 12.1 Å². The van der Waals surface area contributed by atoms with E-state index in [1.54, 1.807) is 16.3 Å². The highest BCUT2D eigenvalue weighted by Crippen LogP contribution is 2.14. The van der Waals surface area contributed by atoms with E-state index >= 15 is 0 Å². The van der Waals surface area contributed by atoms with Crippen LogP contribution in [0.1, 0.15) is 49.9 Å². The molecule has 0 saturated heterocycles. The van der Waals surface area contributed by atoms with Crippen molar-refractivity contribution < 1.29 is 19.4 Å². The maximum Gasteiger partial charge on any atom is 0.410 e. The topological polar surface area (TPSA) is 78.9 Å². The molecule has 0 unspecified atom stereocenters. The molecule has 1 amide bonds. The molecule has 1 heterocycles. The Balaban J connectivity index is 2.43. The van der Waals surface area contributed by atoms with E-state index in [0.717, 1.165) is 4.88 Å². The highest BCUT2D eigenvalue weighted by Gasteiger charge is 2.23. The minimum Gasteiger partial charge on any atom is -0.478 e. The highest BCUT2D eigenvalue weighted by molar-refractivity contribution is 7.10. The largest absolute Gasteiger partial charge is 0.478 e. The molecule has 2 N–H and O–H groups in total. The van der Waals surface area contributed by atoms with E-state index in [1.165, 1.54) is 11.3 Å². The molecule has 0 bridgehead atoms. The van der Waals surface area contributed by atoms with Crippen molar-refractivity contribution in [2.75, 3.05) is 13.1 Å². The van der Waals surface area contributed by atoms with Crippen LogP contribution in [0.3, 0.4) is 0 Å². The fourth-order valence-electron chi connectivity index (χ4n) is 1.88. The first-order valence-electron chi connectivity index (χ1n) is 7.61. The summed E-state index contributed by atoms with van der Waals surface area (Å²) in [5, 5.41) is 13.7. The summed E-state index contributed by atoms with van der Waals surface area (Å²) in [6.07, 6.45) is -0.321. The van der Waals surface area contributed by atoms with Crippen LogP contribution in [-0.4, -0.2) is 46.8 Å². The molecule has 0 atom stereocenters. The molecule has 1 aromatic heterocycles. The standard InChI is InChI=1S/C16H26N2O4S/c1-11(2)18(15(21)22-16(3,4)5)7-6-17-9-13-8-12(10-23-13)14(19)20/h8,10-11,17H,6-7,9H2,1-5H3,(H,19,20). The first kappa shape index (κ1) is 19.4. The molecule has 0 aliphatic carbocycles. The number of hydrogen-bond donors (Lipinski definition) is 2. The van der Waals surface area contributed by atoms with Crippen molar-refractivity contribution in [1.29, 1.82) is 0 Å². The number of nitrogens with one attached hydrogen (secondary N) is 1. The Kier molecular flexibility index (Phi) is 7.02. The van der Waals surface area contributed by atoms with Crippen LogP contribution in [-0.2, 0) is 11.3 Å². The number of nitrogens with zero attached hydrogens (tertiary/aromatic N) is 1. The van der Waals surface area contributed by atoms with E-state index in [2.05, 4.69) is 5.32 Å². The zero-order chi connectivity index (χ0) is 17.6. The first-order chi connectivity index (χ1) is 10.6. The van der Waals surface area contributed by atoms with Crippen molar-refractivity contribution >= 4 is 23.4 Å². The lowest BCUT2D eigenvalue weighted by Crippen LogP contribution is -2.44. The average molecular weight is 342 g/mol. The minimum absolute atomic E-state index is 0.0481. The van der Waals surface area contributed by atoms with Crippen molar-refractivity contribution in [2.24, 2.45) is 0 Å². The fraction of sp³-hybridized carbons (Fsp3) is 0.625. The predicted octanol–water partition coefficient (Wildman–Crippen LogP) is 3.18. The van der Waals surface area contributed by atoms with Crippen LogP contribution < -0.4 is 5.32 Å². The van der Waals surface area contributed by atoms with E-state index in [1.807, 2.05) is 34.6 Å². The molecule has 0 aliphatic heterocycles. The number of carbonyl (C=O) groups is 2. The average Bonchev–Trinajstić information content (AvgIpc) is 2.84. The van der Waals surface area contributed by atoms with Crippen LogP contribution in [0, 0.1) is 0 Å². The quantitative estimate of drug-likeness (QED) is 0.744. The summed E-state index contributed by atoms with van der Waals surface area (Å²) in [6.45, 7) is 11.2. The summed E-state index contributed by atoms with van der Waals surface area (Å²) in [6, 6.07) is 1.71. The monoisotopic (exact) mass is 342 g/mol. The van der Waals surface area contributed by atoms with Gasteiger partial charge in [0, 0.05) is 35.9 Å². The van der Waals surface area contributed by atoms with Gasteiger partial charge in [0.15, 0.2) is 0 Å². The number of carbonyl (C=O) groups excluding carboxylic acids is 1. The van der Waals surface area contributed by atoms with Crippen LogP contribution >= 0.6 is 11.3 Å². The van der Waals surface area contributed by atoms with E-state index in [-0.39, 0.29) is 12.1 Å². The lowest BCUT2D eigenvalue weighted by atomic mass is 10.2. The van der Waals surface area contributed by atoms with E-state index in [0.29, 0.717) is 25.2 Å². The van der Waals surface area contributed by atoms with Gasteiger partial charge < -0.3 is 20.1 Å². The summed E-state index contributed by atoms with van der Waals surface area (Å²) in [7, 11) is 0. The zero-order valence-corrected chi connectivity index (χ0v) is 15.2. The third-order valence-corrected chi connectivity index (χ3v) is 3.92. The number of rotatable bonds is 7. The number of carboxylic acids is 1. The van der Waals surface area contributed by atoms with Crippen molar-refractivity contribution in [2.45, 2.75) is 52.8 Å². The minimum atomic E-state index is -0.914. The molecule has 6 nitrogen and oxygen atoms in total. The van der Waals surface area contributed by atoms with E-state index in [4.69, 9.17) is 9.84 Å². The molecule has 130 valence electrons. The van der Waals surface area contributed by atoms with Gasteiger partial charge in [-0.25, -0.2) is 9.59 Å². The number of hydrogen-bond acceptors (Lipinski definition) is 5. The number of aromatic carboxylic acids is 1. The van der Waals surface area contributed by atoms with Crippen LogP contribution in [0.4, 0.5) is 4.79 Å². The summed E-state index contributed by atoms with van der Waals surface area (Å²) in [5.41, 5.74) is -0.202. The normalized spacial score (nSPS) is 11.6. The third kappa shape index (κ3) is 7.00. The van der Waals surface area contributed by atoms with Gasteiger partial charge in [-0.15, -0.1) is 11.3 Å². The predicted molar refractivity (Wildman–Crippen MR) is 91.1 cm³/mol. The lowest BCUT2D eigenvalue weighted by molar-refractivity contribution is 0.0193. The first-order valence-corrected chi connectivity index (χ1v) is 8.49. The molecular weight excluding hydrogens is 316 g/mol. The molecule has 0 aromatic carbocycles. The number of carboxylic acid groups (broad SMARTS) is 1. The highest BCUT2D eigenvalue weighted by atomic mass is 32.1. The van der Waals surface area contributed by atoms with Crippen molar-refractivity contribution in [1.82, 2.24) is 10.2 Å². The fourth-order valence-corrected chi connectivity index (χ4v) is 2.71. The van der Waals surface area contributed by atoms with Gasteiger partial charge in [0.2, 0.25) is 0 Å². The molecule has 23 heavy (non-hydrogen) atoms.